The third-order valence-electron chi connectivity index (χ3n) is 2.31. The van der Waals surface area contributed by atoms with Crippen LogP contribution in [0.25, 0.3) is 0 Å². The van der Waals surface area contributed by atoms with Crippen molar-refractivity contribution in [3.63, 3.8) is 0 Å². The van der Waals surface area contributed by atoms with E-state index in [0.29, 0.717) is 14.1 Å². The van der Waals surface area contributed by atoms with Crippen LogP contribution in [0.15, 0.2) is 32.9 Å². The summed E-state index contributed by atoms with van der Waals surface area (Å²) in [5, 5.41) is 0. The smallest absolute Gasteiger partial charge is 0.263 e. The van der Waals surface area contributed by atoms with Crippen molar-refractivity contribution in [2.45, 2.75) is 11.8 Å². The van der Waals surface area contributed by atoms with E-state index in [1.807, 2.05) is 22.6 Å². The number of aryl methyl sites for hydroxylation is 1. The highest BCUT2D eigenvalue weighted by atomic mass is 127. The van der Waals surface area contributed by atoms with E-state index in [0.717, 1.165) is 3.79 Å². The lowest BCUT2D eigenvalue weighted by Crippen LogP contribution is -2.14. The van der Waals surface area contributed by atoms with E-state index < -0.39 is 15.8 Å². The minimum Gasteiger partial charge on any atom is -0.279 e. The predicted molar refractivity (Wildman–Crippen MR) is 86.7 cm³/mol. The summed E-state index contributed by atoms with van der Waals surface area (Å²) in [7, 11) is -3.66. The zero-order valence-electron chi connectivity index (χ0n) is 9.58. The fraction of sp³-hybridized carbons (Fsp3) is 0.0909. The van der Waals surface area contributed by atoms with Gasteiger partial charge >= 0.3 is 0 Å². The lowest BCUT2D eigenvalue weighted by atomic mass is 10.3. The molecule has 0 spiro atoms. The van der Waals surface area contributed by atoms with Gasteiger partial charge in [0.1, 0.15) is 10.7 Å². The fourth-order valence-corrected chi connectivity index (χ4v) is 5.76. The summed E-state index contributed by atoms with van der Waals surface area (Å²) in [6.07, 6.45) is 0. The van der Waals surface area contributed by atoms with E-state index in [2.05, 4.69) is 20.7 Å². The zero-order chi connectivity index (χ0) is 14.2. The molecule has 0 amide bonds. The fourth-order valence-electron chi connectivity index (χ4n) is 1.47. The molecule has 2 aromatic rings. The van der Waals surface area contributed by atoms with Crippen molar-refractivity contribution < 1.29 is 12.8 Å². The van der Waals surface area contributed by atoms with Gasteiger partial charge in [0, 0.05) is 8.45 Å². The molecule has 0 unspecified atom stereocenters. The Hall–Kier alpha value is -0.190. The normalized spacial score (nSPS) is 11.6. The molecule has 0 radical (unpaired) electrons. The third-order valence-corrected chi connectivity index (χ3v) is 6.37. The molecule has 0 saturated carbocycles. The molecule has 8 heteroatoms. The maximum Gasteiger partial charge on any atom is 0.263 e. The summed E-state index contributed by atoms with van der Waals surface area (Å²) in [4.78, 5) is 0.918. The molecule has 2 rings (SSSR count). The minimum absolute atomic E-state index is 0.226. The molecule has 0 aliphatic rings. The summed E-state index contributed by atoms with van der Waals surface area (Å²) in [6, 6.07) is 5.45. The van der Waals surface area contributed by atoms with E-state index in [1.54, 1.807) is 13.0 Å². The van der Waals surface area contributed by atoms with Gasteiger partial charge in [-0.1, -0.05) is 0 Å². The number of sulfonamides is 1. The van der Waals surface area contributed by atoms with Crippen LogP contribution < -0.4 is 4.72 Å². The Morgan fingerprint density at radius 1 is 1.37 bits per heavy atom. The summed E-state index contributed by atoms with van der Waals surface area (Å²) >= 11 is 6.49. The number of hydrogen-bond acceptors (Lipinski definition) is 3. The average Bonchev–Trinajstić information content (AvgIpc) is 2.63. The van der Waals surface area contributed by atoms with E-state index >= 15 is 0 Å². The maximum absolute atomic E-state index is 13.0. The highest BCUT2D eigenvalue weighted by Gasteiger charge is 2.20. The molecule has 0 fully saturated rings. The van der Waals surface area contributed by atoms with Gasteiger partial charge in [0.05, 0.1) is 9.47 Å². The van der Waals surface area contributed by atoms with Gasteiger partial charge in [0.2, 0.25) is 0 Å². The number of benzene rings is 1. The van der Waals surface area contributed by atoms with Crippen molar-refractivity contribution in [2.75, 3.05) is 4.72 Å². The Bertz CT molecular complexity index is 730. The van der Waals surface area contributed by atoms with Gasteiger partial charge in [0.15, 0.2) is 0 Å². The molecule has 0 aliphatic carbocycles. The van der Waals surface area contributed by atoms with Crippen molar-refractivity contribution in [1.29, 1.82) is 0 Å². The van der Waals surface area contributed by atoms with Crippen LogP contribution in [0.1, 0.15) is 4.88 Å². The van der Waals surface area contributed by atoms with Gasteiger partial charge < -0.3 is 0 Å². The lowest BCUT2D eigenvalue weighted by molar-refractivity contribution is 0.600. The van der Waals surface area contributed by atoms with Gasteiger partial charge in [-0.05, 0) is 69.7 Å². The zero-order valence-corrected chi connectivity index (χ0v) is 15.0. The van der Waals surface area contributed by atoms with Crippen LogP contribution in [0, 0.1) is 16.3 Å². The molecule has 0 atom stereocenters. The molecule has 3 nitrogen and oxygen atoms in total. The largest absolute Gasteiger partial charge is 0.279 e. The molecule has 19 heavy (non-hydrogen) atoms. The Morgan fingerprint density at radius 3 is 2.58 bits per heavy atom. The summed E-state index contributed by atoms with van der Waals surface area (Å²) in [5.74, 6) is -0.401. The first kappa shape index (κ1) is 15.2. The predicted octanol–water partition coefficient (Wildman–Crippen LogP) is 4.36. The summed E-state index contributed by atoms with van der Waals surface area (Å²) < 4.78 is 41.2. The molecule has 1 aromatic heterocycles. The van der Waals surface area contributed by atoms with Gasteiger partial charge in [0.25, 0.3) is 10.0 Å². The Morgan fingerprint density at radius 2 is 2.05 bits per heavy atom. The third kappa shape index (κ3) is 3.47. The first-order valence-electron chi connectivity index (χ1n) is 5.03. The number of hydrogen-bond donors (Lipinski definition) is 1. The molecular weight excluding hydrogens is 468 g/mol. The standard InChI is InChI=1S/C11H8BrFINO2S2/c1-6-10(5-11(12)18-6)19(16,17)15-9-3-2-7(13)4-8(9)14/h2-5,15H,1H3. The highest BCUT2D eigenvalue weighted by molar-refractivity contribution is 14.1. The van der Waals surface area contributed by atoms with Crippen molar-refractivity contribution in [1.82, 2.24) is 0 Å². The van der Waals surface area contributed by atoms with E-state index in [1.165, 1.54) is 29.5 Å². The number of anilines is 1. The van der Waals surface area contributed by atoms with Crippen LogP contribution in [0.5, 0.6) is 0 Å². The maximum atomic E-state index is 13.0. The molecule has 0 aliphatic heterocycles. The Labute approximate surface area is 136 Å². The number of halogens is 3. The van der Waals surface area contributed by atoms with Gasteiger partial charge in [-0.15, -0.1) is 11.3 Å². The van der Waals surface area contributed by atoms with Gasteiger partial charge in [-0.2, -0.15) is 0 Å². The molecular formula is C11H8BrFINO2S2. The SMILES string of the molecule is Cc1sc(Br)cc1S(=O)(=O)Nc1ccc(F)cc1I. The average molecular weight is 476 g/mol. The van der Waals surface area contributed by atoms with Crippen LogP contribution >= 0.6 is 49.9 Å². The van der Waals surface area contributed by atoms with Gasteiger partial charge in [-0.25, -0.2) is 12.8 Å². The Kier molecular flexibility index (Phi) is 4.53. The summed E-state index contributed by atoms with van der Waals surface area (Å²) in [5.41, 5.74) is 0.365. The topological polar surface area (TPSA) is 46.2 Å². The highest BCUT2D eigenvalue weighted by Crippen LogP contribution is 2.31. The second-order valence-corrected chi connectivity index (χ2v) is 9.15. The van der Waals surface area contributed by atoms with E-state index in [-0.39, 0.29) is 4.90 Å². The monoisotopic (exact) mass is 475 g/mol. The Balaban J connectivity index is 2.39. The molecule has 1 heterocycles. The number of thiophene rings is 1. The van der Waals surface area contributed by atoms with E-state index in [4.69, 9.17) is 0 Å². The number of rotatable bonds is 3. The second kappa shape index (κ2) is 5.66. The second-order valence-electron chi connectivity index (χ2n) is 3.70. The van der Waals surface area contributed by atoms with Crippen LogP contribution in [-0.2, 0) is 10.0 Å². The number of nitrogens with one attached hydrogen (secondary N) is 1. The molecule has 1 N–H and O–H groups in total. The van der Waals surface area contributed by atoms with Crippen LogP contribution in [-0.4, -0.2) is 8.42 Å². The van der Waals surface area contributed by atoms with Crippen LogP contribution in [0.3, 0.4) is 0 Å². The van der Waals surface area contributed by atoms with Crippen LogP contribution in [0.4, 0.5) is 10.1 Å². The lowest BCUT2D eigenvalue weighted by Gasteiger charge is -2.09. The van der Waals surface area contributed by atoms with Crippen molar-refractivity contribution >= 4 is 65.6 Å². The van der Waals surface area contributed by atoms with E-state index in [9.17, 15) is 12.8 Å². The first-order chi connectivity index (χ1) is 8.79. The van der Waals surface area contributed by atoms with Crippen LogP contribution in [0.2, 0.25) is 0 Å². The molecule has 0 saturated heterocycles. The van der Waals surface area contributed by atoms with Gasteiger partial charge in [-0.3, -0.25) is 4.72 Å². The minimum atomic E-state index is -3.66. The summed E-state index contributed by atoms with van der Waals surface area (Å²) in [6.45, 7) is 1.74. The quantitative estimate of drug-likeness (QED) is 0.670. The molecule has 1 aromatic carbocycles. The van der Waals surface area contributed by atoms with Crippen molar-refractivity contribution in [3.8, 4) is 0 Å². The van der Waals surface area contributed by atoms with Crippen molar-refractivity contribution in [2.24, 2.45) is 0 Å². The first-order valence-corrected chi connectivity index (χ1v) is 9.20. The molecule has 102 valence electrons. The van der Waals surface area contributed by atoms with Crippen molar-refractivity contribution in [3.05, 3.63) is 42.3 Å². The molecule has 0 bridgehead atoms.